The van der Waals surface area contributed by atoms with E-state index >= 15 is 0 Å². The van der Waals surface area contributed by atoms with Crippen LogP contribution in [-0.2, 0) is 10.2 Å². The number of benzene rings is 1. The monoisotopic (exact) mass is 205 g/mol. The van der Waals surface area contributed by atoms with E-state index in [1.165, 1.54) is 5.56 Å². The van der Waals surface area contributed by atoms with Gasteiger partial charge in [-0.15, -0.1) is 0 Å². The lowest BCUT2D eigenvalue weighted by atomic mass is 9.92. The van der Waals surface area contributed by atoms with Gasteiger partial charge >= 0.3 is 0 Å². The van der Waals surface area contributed by atoms with Crippen LogP contribution in [0.3, 0.4) is 0 Å². The molecule has 2 N–H and O–H groups in total. The van der Waals surface area contributed by atoms with E-state index in [0.717, 1.165) is 18.6 Å². The summed E-state index contributed by atoms with van der Waals surface area (Å²) in [5.74, 6) is 0.610. The highest BCUT2D eigenvalue weighted by Gasteiger charge is 2.45. The number of rotatable bonds is 4. The fraction of sp³-hybridized carbons (Fsp3) is 0.417. The van der Waals surface area contributed by atoms with Crippen molar-refractivity contribution in [1.29, 1.82) is 0 Å². The van der Waals surface area contributed by atoms with Gasteiger partial charge in [0, 0.05) is 11.8 Å². The quantitative estimate of drug-likeness (QED) is 0.811. The van der Waals surface area contributed by atoms with E-state index in [4.69, 9.17) is 10.5 Å². The van der Waals surface area contributed by atoms with Crippen LogP contribution < -0.4 is 10.5 Å². The maximum absolute atomic E-state index is 11.0. The maximum atomic E-state index is 11.0. The number of methoxy groups -OCH3 is 1. The van der Waals surface area contributed by atoms with Gasteiger partial charge in [0.15, 0.2) is 0 Å². The molecule has 0 bridgehead atoms. The summed E-state index contributed by atoms with van der Waals surface area (Å²) in [6.45, 7) is 0. The summed E-state index contributed by atoms with van der Waals surface area (Å²) < 4.78 is 5.17. The molecule has 1 saturated carbocycles. The Bertz CT molecular complexity index is 383. The fourth-order valence-corrected chi connectivity index (χ4v) is 2.00. The molecule has 0 unspecified atom stereocenters. The van der Waals surface area contributed by atoms with Crippen molar-refractivity contribution in [3.63, 3.8) is 0 Å². The molecule has 1 amide bonds. The van der Waals surface area contributed by atoms with Crippen LogP contribution in [0.15, 0.2) is 24.3 Å². The zero-order valence-electron chi connectivity index (χ0n) is 8.82. The number of primary amides is 1. The molecule has 2 rings (SSSR count). The minimum Gasteiger partial charge on any atom is -0.497 e. The zero-order valence-corrected chi connectivity index (χ0v) is 8.82. The minimum atomic E-state index is -0.227. The molecule has 1 aromatic rings. The molecule has 15 heavy (non-hydrogen) atoms. The number of nitrogens with two attached hydrogens (primary N) is 1. The lowest BCUT2D eigenvalue weighted by Crippen LogP contribution is -2.19. The predicted octanol–water partition coefficient (Wildman–Crippen LogP) is 1.60. The molecular weight excluding hydrogens is 190 g/mol. The molecule has 0 aromatic heterocycles. The third-order valence-electron chi connectivity index (χ3n) is 3.05. The first-order chi connectivity index (χ1) is 7.16. The molecule has 0 radical (unpaired) electrons. The lowest BCUT2D eigenvalue weighted by molar-refractivity contribution is -0.118. The van der Waals surface area contributed by atoms with Crippen molar-refractivity contribution in [2.24, 2.45) is 5.73 Å². The third-order valence-corrected chi connectivity index (χ3v) is 3.05. The summed E-state index contributed by atoms with van der Waals surface area (Å²) in [5, 5.41) is 0. The van der Waals surface area contributed by atoms with Crippen molar-refractivity contribution in [1.82, 2.24) is 0 Å². The summed E-state index contributed by atoms with van der Waals surface area (Å²) in [6, 6.07) is 7.90. The van der Waals surface area contributed by atoms with Gasteiger partial charge in [0.2, 0.25) is 5.91 Å². The van der Waals surface area contributed by atoms with E-state index in [-0.39, 0.29) is 11.3 Å². The van der Waals surface area contributed by atoms with E-state index in [1.807, 2.05) is 24.3 Å². The highest BCUT2D eigenvalue weighted by Crippen LogP contribution is 2.51. The molecule has 1 aliphatic carbocycles. The third kappa shape index (κ3) is 1.96. The molecular formula is C12H15NO2. The van der Waals surface area contributed by atoms with Crippen LogP contribution in [0, 0.1) is 0 Å². The van der Waals surface area contributed by atoms with E-state index in [0.29, 0.717) is 6.42 Å². The molecule has 3 nitrogen and oxygen atoms in total. The van der Waals surface area contributed by atoms with Crippen LogP contribution in [0.1, 0.15) is 24.8 Å². The number of hydrogen-bond acceptors (Lipinski definition) is 2. The Hall–Kier alpha value is -1.51. The summed E-state index contributed by atoms with van der Waals surface area (Å²) in [6.07, 6.45) is 2.53. The molecule has 1 aromatic carbocycles. The summed E-state index contributed by atoms with van der Waals surface area (Å²) in [5.41, 5.74) is 6.42. The van der Waals surface area contributed by atoms with Gasteiger partial charge in [0.1, 0.15) is 5.75 Å². The molecule has 0 spiro atoms. The Labute approximate surface area is 89.2 Å². The number of carbonyl (C=O) groups is 1. The number of hydrogen-bond donors (Lipinski definition) is 1. The first-order valence-corrected chi connectivity index (χ1v) is 5.09. The summed E-state index contributed by atoms with van der Waals surface area (Å²) in [4.78, 5) is 11.0. The van der Waals surface area contributed by atoms with Crippen LogP contribution in [0.4, 0.5) is 0 Å². The Balaban J connectivity index is 2.25. The van der Waals surface area contributed by atoms with Crippen molar-refractivity contribution in [2.75, 3.05) is 7.11 Å². The van der Waals surface area contributed by atoms with Gasteiger partial charge in [-0.1, -0.05) is 12.1 Å². The van der Waals surface area contributed by atoms with E-state index in [2.05, 4.69) is 0 Å². The van der Waals surface area contributed by atoms with Crippen molar-refractivity contribution >= 4 is 5.91 Å². The molecule has 0 saturated heterocycles. The Morgan fingerprint density at radius 3 is 2.80 bits per heavy atom. The zero-order chi connectivity index (χ0) is 10.9. The maximum Gasteiger partial charge on any atom is 0.218 e. The number of amides is 1. The predicted molar refractivity (Wildman–Crippen MR) is 57.7 cm³/mol. The Morgan fingerprint density at radius 1 is 1.53 bits per heavy atom. The lowest BCUT2D eigenvalue weighted by Gasteiger charge is -2.14. The molecule has 3 heteroatoms. The van der Waals surface area contributed by atoms with Crippen LogP contribution in [0.2, 0.25) is 0 Å². The summed E-state index contributed by atoms with van der Waals surface area (Å²) in [7, 11) is 1.65. The summed E-state index contributed by atoms with van der Waals surface area (Å²) >= 11 is 0. The molecule has 1 fully saturated rings. The van der Waals surface area contributed by atoms with Crippen LogP contribution in [0.25, 0.3) is 0 Å². The second kappa shape index (κ2) is 3.57. The molecule has 1 aliphatic rings. The number of carbonyl (C=O) groups excluding carboxylic acids is 1. The Kier molecular flexibility index (Phi) is 2.39. The first kappa shape index (κ1) is 10.0. The second-order valence-corrected chi connectivity index (χ2v) is 4.16. The highest BCUT2D eigenvalue weighted by atomic mass is 16.5. The Morgan fingerprint density at radius 2 is 2.27 bits per heavy atom. The highest BCUT2D eigenvalue weighted by molar-refractivity contribution is 5.76. The van der Waals surface area contributed by atoms with Crippen LogP contribution in [-0.4, -0.2) is 13.0 Å². The van der Waals surface area contributed by atoms with Crippen LogP contribution in [0.5, 0.6) is 5.75 Å². The molecule has 80 valence electrons. The average molecular weight is 205 g/mol. The van der Waals surface area contributed by atoms with Crippen LogP contribution >= 0.6 is 0 Å². The first-order valence-electron chi connectivity index (χ1n) is 5.09. The van der Waals surface area contributed by atoms with Gasteiger partial charge in [0.05, 0.1) is 7.11 Å². The van der Waals surface area contributed by atoms with Gasteiger partial charge in [-0.25, -0.2) is 0 Å². The fourth-order valence-electron chi connectivity index (χ4n) is 2.00. The topological polar surface area (TPSA) is 52.3 Å². The van der Waals surface area contributed by atoms with Gasteiger partial charge in [-0.3, -0.25) is 4.79 Å². The van der Waals surface area contributed by atoms with E-state index < -0.39 is 0 Å². The number of ether oxygens (including phenoxy) is 1. The van der Waals surface area contributed by atoms with Crippen molar-refractivity contribution in [3.8, 4) is 5.75 Å². The van der Waals surface area contributed by atoms with E-state index in [9.17, 15) is 4.79 Å². The minimum absolute atomic E-state index is 0.000370. The van der Waals surface area contributed by atoms with Crippen molar-refractivity contribution in [3.05, 3.63) is 29.8 Å². The second-order valence-electron chi connectivity index (χ2n) is 4.16. The molecule has 0 aliphatic heterocycles. The van der Waals surface area contributed by atoms with Gasteiger partial charge in [-0.05, 0) is 30.5 Å². The standard InChI is InChI=1S/C12H15NO2/c1-15-10-4-2-3-9(7-10)12(5-6-12)8-11(13)14/h2-4,7H,5-6,8H2,1H3,(H2,13,14). The van der Waals surface area contributed by atoms with Crippen molar-refractivity contribution in [2.45, 2.75) is 24.7 Å². The largest absolute Gasteiger partial charge is 0.497 e. The van der Waals surface area contributed by atoms with Gasteiger partial charge in [-0.2, -0.15) is 0 Å². The average Bonchev–Trinajstić information content (AvgIpc) is 2.98. The van der Waals surface area contributed by atoms with Gasteiger partial charge < -0.3 is 10.5 Å². The smallest absolute Gasteiger partial charge is 0.218 e. The molecule has 0 heterocycles. The van der Waals surface area contributed by atoms with E-state index in [1.54, 1.807) is 7.11 Å². The van der Waals surface area contributed by atoms with Crippen molar-refractivity contribution < 1.29 is 9.53 Å². The normalized spacial score (nSPS) is 17.1. The molecule has 0 atom stereocenters. The van der Waals surface area contributed by atoms with Gasteiger partial charge in [0.25, 0.3) is 0 Å². The SMILES string of the molecule is COc1cccc(C2(CC(N)=O)CC2)c1.